The summed E-state index contributed by atoms with van der Waals surface area (Å²) in [4.78, 5) is 0. The molecule has 0 aliphatic carbocycles. The third kappa shape index (κ3) is 8.79. The molecule has 1 unspecified atom stereocenters. The summed E-state index contributed by atoms with van der Waals surface area (Å²) >= 11 is 0. The second-order valence-electron chi connectivity index (χ2n) is 4.42. The predicted molar refractivity (Wildman–Crippen MR) is 79.1 cm³/mol. The van der Waals surface area contributed by atoms with Crippen LogP contribution in [0.5, 0.6) is 0 Å². The Bertz CT molecular complexity index is 248. The molecule has 0 radical (unpaired) electrons. The Balaban J connectivity index is 4.43. The van der Waals surface area contributed by atoms with Crippen molar-refractivity contribution < 1.29 is 0 Å². The first-order valence-corrected chi connectivity index (χ1v) is 7.00. The normalized spacial score (nSPS) is 14.7. The van der Waals surface area contributed by atoms with Gasteiger partial charge >= 0.3 is 0 Å². The lowest BCUT2D eigenvalue weighted by molar-refractivity contribution is 0.474. The second kappa shape index (κ2) is 11.5. The average Bonchev–Trinajstić information content (AvgIpc) is 2.33. The first kappa shape index (κ1) is 16.0. The van der Waals surface area contributed by atoms with Crippen LogP contribution < -0.4 is 5.32 Å². The Morgan fingerprint density at radius 3 is 2.35 bits per heavy atom. The zero-order chi connectivity index (χ0) is 12.9. The summed E-state index contributed by atoms with van der Waals surface area (Å²) in [6, 6.07) is 0.618. The maximum atomic E-state index is 3.65. The molecule has 0 fully saturated rings. The Morgan fingerprint density at radius 1 is 1.06 bits per heavy atom. The highest BCUT2D eigenvalue weighted by Crippen LogP contribution is 2.09. The summed E-state index contributed by atoms with van der Waals surface area (Å²) in [7, 11) is 0. The van der Waals surface area contributed by atoms with Crippen LogP contribution in [0.15, 0.2) is 36.1 Å². The predicted octanol–water partition coefficient (Wildman–Crippen LogP) is 4.97. The van der Waals surface area contributed by atoms with Gasteiger partial charge in [0.1, 0.15) is 0 Å². The van der Waals surface area contributed by atoms with Gasteiger partial charge in [0.15, 0.2) is 0 Å². The van der Waals surface area contributed by atoms with Gasteiger partial charge in [-0.2, -0.15) is 0 Å². The number of allylic oxidation sites excluding steroid dienone is 5. The van der Waals surface area contributed by atoms with Crippen LogP contribution in [0.25, 0.3) is 0 Å². The molecule has 0 rings (SSSR count). The number of hydrogen-bond acceptors (Lipinski definition) is 1. The van der Waals surface area contributed by atoms with Crippen molar-refractivity contribution in [1.82, 2.24) is 5.32 Å². The van der Waals surface area contributed by atoms with Crippen molar-refractivity contribution >= 4 is 0 Å². The first-order chi connectivity index (χ1) is 8.28. The summed E-state index contributed by atoms with van der Waals surface area (Å²) in [5.74, 6) is 0. The van der Waals surface area contributed by atoms with Crippen molar-refractivity contribution in [1.29, 1.82) is 0 Å². The molecule has 0 saturated heterocycles. The van der Waals surface area contributed by atoms with Crippen molar-refractivity contribution in [3.63, 3.8) is 0 Å². The number of nitrogens with one attached hydrogen (secondary N) is 1. The van der Waals surface area contributed by atoms with Crippen LogP contribution in [0, 0.1) is 0 Å². The van der Waals surface area contributed by atoms with E-state index in [0.29, 0.717) is 6.04 Å². The second-order valence-corrected chi connectivity index (χ2v) is 4.42. The molecule has 0 heterocycles. The summed E-state index contributed by atoms with van der Waals surface area (Å²) in [5.41, 5.74) is 1.22. The minimum absolute atomic E-state index is 0.618. The van der Waals surface area contributed by atoms with Gasteiger partial charge in [-0.15, -0.1) is 0 Å². The van der Waals surface area contributed by atoms with Gasteiger partial charge in [0.25, 0.3) is 0 Å². The fourth-order valence-electron chi connectivity index (χ4n) is 1.85. The highest BCUT2D eigenvalue weighted by molar-refractivity contribution is 5.22. The van der Waals surface area contributed by atoms with Crippen LogP contribution in [0.1, 0.15) is 59.8 Å². The Hall–Kier alpha value is -0.980. The molecule has 1 heteroatoms. The van der Waals surface area contributed by atoms with Gasteiger partial charge in [-0.3, -0.25) is 0 Å². The topological polar surface area (TPSA) is 12.0 Å². The zero-order valence-electron chi connectivity index (χ0n) is 12.0. The van der Waals surface area contributed by atoms with Gasteiger partial charge in [-0.05, 0) is 38.8 Å². The molecule has 0 spiro atoms. The molecule has 1 nitrogen and oxygen atoms in total. The van der Waals surface area contributed by atoms with E-state index in [1.165, 1.54) is 37.8 Å². The van der Waals surface area contributed by atoms with E-state index in [1.807, 2.05) is 6.92 Å². The van der Waals surface area contributed by atoms with E-state index in [0.717, 1.165) is 0 Å². The molecule has 0 saturated carbocycles. The van der Waals surface area contributed by atoms with Gasteiger partial charge in [0, 0.05) is 11.7 Å². The molecular weight excluding hydrogens is 206 g/mol. The van der Waals surface area contributed by atoms with Gasteiger partial charge in [-0.25, -0.2) is 0 Å². The SMILES string of the molecule is C\C=C/C=C(\C=C/C)NC(CCC)CCCC. The van der Waals surface area contributed by atoms with Crippen molar-refractivity contribution in [3.8, 4) is 0 Å². The van der Waals surface area contributed by atoms with E-state index in [-0.39, 0.29) is 0 Å². The maximum Gasteiger partial charge on any atom is 0.0338 e. The third-order valence-corrected chi connectivity index (χ3v) is 2.73. The molecule has 0 aromatic heterocycles. The van der Waals surface area contributed by atoms with Crippen LogP contribution >= 0.6 is 0 Å². The summed E-state index contributed by atoms with van der Waals surface area (Å²) < 4.78 is 0. The fourth-order valence-corrected chi connectivity index (χ4v) is 1.85. The standard InChI is InChI=1S/C16H29N/c1-5-9-13-15(11-7-3)17-16(12-8-4)14-10-6-2/h5,7,9,11,13,16-17H,6,8,10,12,14H2,1-4H3/b9-5-,11-7-,15-13+. The van der Waals surface area contributed by atoms with Crippen molar-refractivity contribution in [3.05, 3.63) is 36.1 Å². The van der Waals surface area contributed by atoms with Crippen LogP contribution in [-0.4, -0.2) is 6.04 Å². The van der Waals surface area contributed by atoms with E-state index in [4.69, 9.17) is 0 Å². The molecule has 1 atom stereocenters. The largest absolute Gasteiger partial charge is 0.382 e. The minimum Gasteiger partial charge on any atom is -0.382 e. The van der Waals surface area contributed by atoms with Gasteiger partial charge < -0.3 is 5.32 Å². The summed E-state index contributed by atoms with van der Waals surface area (Å²) in [5, 5.41) is 3.65. The maximum absolute atomic E-state index is 3.65. The van der Waals surface area contributed by atoms with E-state index >= 15 is 0 Å². The molecular formula is C16H29N. The zero-order valence-corrected chi connectivity index (χ0v) is 12.0. The molecule has 98 valence electrons. The molecule has 0 amide bonds. The van der Waals surface area contributed by atoms with E-state index in [9.17, 15) is 0 Å². The Labute approximate surface area is 108 Å². The quantitative estimate of drug-likeness (QED) is 0.556. The third-order valence-electron chi connectivity index (χ3n) is 2.73. The molecule has 1 N–H and O–H groups in total. The lowest BCUT2D eigenvalue weighted by Crippen LogP contribution is -2.27. The van der Waals surface area contributed by atoms with E-state index < -0.39 is 0 Å². The highest BCUT2D eigenvalue weighted by Gasteiger charge is 2.06. The van der Waals surface area contributed by atoms with Crippen LogP contribution in [-0.2, 0) is 0 Å². The molecule has 0 bridgehead atoms. The summed E-state index contributed by atoms with van der Waals surface area (Å²) in [6.07, 6.45) is 16.9. The van der Waals surface area contributed by atoms with Crippen molar-refractivity contribution in [2.24, 2.45) is 0 Å². The fraction of sp³-hybridized carbons (Fsp3) is 0.625. The Morgan fingerprint density at radius 2 is 1.82 bits per heavy atom. The lowest BCUT2D eigenvalue weighted by atomic mass is 10.0. The molecule has 17 heavy (non-hydrogen) atoms. The van der Waals surface area contributed by atoms with Gasteiger partial charge in [0.05, 0.1) is 0 Å². The number of unbranched alkanes of at least 4 members (excludes halogenated alkanes) is 1. The van der Waals surface area contributed by atoms with E-state index in [2.05, 4.69) is 56.5 Å². The molecule has 0 aliphatic heterocycles. The van der Waals surface area contributed by atoms with Crippen LogP contribution in [0.4, 0.5) is 0 Å². The smallest absolute Gasteiger partial charge is 0.0338 e. The molecule has 0 aromatic carbocycles. The Kier molecular flexibility index (Phi) is 10.8. The highest BCUT2D eigenvalue weighted by atomic mass is 14.9. The van der Waals surface area contributed by atoms with Crippen LogP contribution in [0.2, 0.25) is 0 Å². The minimum atomic E-state index is 0.618. The average molecular weight is 235 g/mol. The van der Waals surface area contributed by atoms with Crippen molar-refractivity contribution in [2.75, 3.05) is 0 Å². The first-order valence-electron chi connectivity index (χ1n) is 7.00. The van der Waals surface area contributed by atoms with Gasteiger partial charge in [0.2, 0.25) is 0 Å². The monoisotopic (exact) mass is 235 g/mol. The lowest BCUT2D eigenvalue weighted by Gasteiger charge is -2.19. The molecule has 0 aliphatic rings. The van der Waals surface area contributed by atoms with Crippen molar-refractivity contribution in [2.45, 2.75) is 65.8 Å². The summed E-state index contributed by atoms with van der Waals surface area (Å²) in [6.45, 7) is 8.62. The van der Waals surface area contributed by atoms with Gasteiger partial charge in [-0.1, -0.05) is 51.3 Å². The van der Waals surface area contributed by atoms with Crippen LogP contribution in [0.3, 0.4) is 0 Å². The number of hydrogen-bond donors (Lipinski definition) is 1. The number of rotatable bonds is 9. The molecule has 0 aromatic rings. The van der Waals surface area contributed by atoms with E-state index in [1.54, 1.807) is 0 Å².